The molecule has 0 fully saturated rings. The molecule has 0 aromatic carbocycles. The Kier molecular flexibility index (Phi) is 4.30. The van der Waals surface area contributed by atoms with Crippen molar-refractivity contribution in [3.8, 4) is 0 Å². The molecule has 0 amide bonds. The number of aromatic nitrogens is 2. The molecular formula is C13H23N3. The fraction of sp³-hybridized carbons (Fsp3) is 0.615. The fourth-order valence-corrected chi connectivity index (χ4v) is 2.17. The van der Waals surface area contributed by atoms with Crippen LogP contribution in [-0.4, -0.2) is 16.3 Å². The Labute approximate surface area is 98.5 Å². The van der Waals surface area contributed by atoms with Gasteiger partial charge in [-0.25, -0.2) is 0 Å². The van der Waals surface area contributed by atoms with Crippen LogP contribution in [0, 0.1) is 13.8 Å². The summed E-state index contributed by atoms with van der Waals surface area (Å²) in [6.45, 7) is 13.4. The maximum Gasteiger partial charge on any atom is 0.0644 e. The maximum absolute atomic E-state index is 4.47. The molecule has 1 N–H and O–H groups in total. The van der Waals surface area contributed by atoms with Gasteiger partial charge in [0.15, 0.2) is 0 Å². The van der Waals surface area contributed by atoms with Crippen LogP contribution in [0.3, 0.4) is 0 Å². The average molecular weight is 221 g/mol. The molecule has 0 saturated heterocycles. The molecule has 0 aliphatic rings. The molecule has 1 aromatic heterocycles. The van der Waals surface area contributed by atoms with Gasteiger partial charge in [0.05, 0.1) is 5.69 Å². The summed E-state index contributed by atoms with van der Waals surface area (Å²) in [7, 11) is 2.00. The molecule has 1 atom stereocenters. The third kappa shape index (κ3) is 2.73. The van der Waals surface area contributed by atoms with E-state index >= 15 is 0 Å². The molecule has 0 spiro atoms. The van der Waals surface area contributed by atoms with Gasteiger partial charge in [-0.1, -0.05) is 12.5 Å². The molecule has 16 heavy (non-hydrogen) atoms. The van der Waals surface area contributed by atoms with Gasteiger partial charge in [-0.3, -0.25) is 4.68 Å². The number of hydrogen-bond donors (Lipinski definition) is 1. The van der Waals surface area contributed by atoms with E-state index in [1.165, 1.54) is 16.8 Å². The Hall–Kier alpha value is -1.09. The lowest BCUT2D eigenvalue weighted by Crippen LogP contribution is -2.22. The molecule has 1 rings (SSSR count). The van der Waals surface area contributed by atoms with E-state index in [1.807, 2.05) is 11.7 Å². The van der Waals surface area contributed by atoms with Gasteiger partial charge in [0.2, 0.25) is 0 Å². The number of nitrogens with zero attached hydrogens (tertiary/aromatic N) is 2. The number of rotatable bonds is 5. The predicted octanol–water partition coefficient (Wildman–Crippen LogP) is 2.65. The van der Waals surface area contributed by atoms with Gasteiger partial charge in [0, 0.05) is 24.3 Å². The lowest BCUT2D eigenvalue weighted by Gasteiger charge is -2.18. The second-order valence-electron chi connectivity index (χ2n) is 4.48. The van der Waals surface area contributed by atoms with E-state index in [4.69, 9.17) is 0 Å². The summed E-state index contributed by atoms with van der Waals surface area (Å²) < 4.78 is 1.95. The molecule has 0 aliphatic carbocycles. The van der Waals surface area contributed by atoms with Crippen molar-refractivity contribution < 1.29 is 0 Å². The highest BCUT2D eigenvalue weighted by Crippen LogP contribution is 2.25. The lowest BCUT2D eigenvalue weighted by molar-refractivity contribution is 0.542. The van der Waals surface area contributed by atoms with E-state index < -0.39 is 0 Å². The quantitative estimate of drug-likeness (QED) is 0.775. The average Bonchev–Trinajstić information content (AvgIpc) is 2.40. The van der Waals surface area contributed by atoms with Gasteiger partial charge in [-0.15, -0.1) is 6.58 Å². The Balaban J connectivity index is 3.04. The van der Waals surface area contributed by atoms with Crippen LogP contribution in [0.25, 0.3) is 0 Å². The van der Waals surface area contributed by atoms with Crippen LogP contribution in [0.1, 0.15) is 43.3 Å². The maximum atomic E-state index is 4.47. The van der Waals surface area contributed by atoms with Gasteiger partial charge in [0.1, 0.15) is 0 Å². The van der Waals surface area contributed by atoms with Crippen molar-refractivity contribution in [2.24, 2.45) is 7.05 Å². The third-order valence-electron chi connectivity index (χ3n) is 2.92. The molecular weight excluding hydrogens is 198 g/mol. The molecule has 1 unspecified atom stereocenters. The SMILES string of the molecule is C=C(C)CC(NCC)c1c(C)nn(C)c1C. The minimum Gasteiger partial charge on any atom is -0.310 e. The van der Waals surface area contributed by atoms with Crippen LogP contribution in [0.4, 0.5) is 0 Å². The van der Waals surface area contributed by atoms with Crippen molar-refractivity contribution in [1.82, 2.24) is 15.1 Å². The molecule has 0 radical (unpaired) electrons. The Morgan fingerprint density at radius 1 is 1.50 bits per heavy atom. The molecule has 1 heterocycles. The summed E-state index contributed by atoms with van der Waals surface area (Å²) in [4.78, 5) is 0. The van der Waals surface area contributed by atoms with Gasteiger partial charge >= 0.3 is 0 Å². The van der Waals surface area contributed by atoms with Crippen LogP contribution < -0.4 is 5.32 Å². The minimum atomic E-state index is 0.344. The third-order valence-corrected chi connectivity index (χ3v) is 2.92. The zero-order valence-electron chi connectivity index (χ0n) is 11.1. The number of hydrogen-bond acceptors (Lipinski definition) is 2. The molecule has 0 aliphatic heterocycles. The Morgan fingerprint density at radius 3 is 2.50 bits per heavy atom. The summed E-state index contributed by atoms with van der Waals surface area (Å²) in [5.41, 5.74) is 4.89. The Morgan fingerprint density at radius 2 is 2.12 bits per heavy atom. The number of nitrogens with one attached hydrogen (secondary N) is 1. The van der Waals surface area contributed by atoms with E-state index in [1.54, 1.807) is 0 Å². The van der Waals surface area contributed by atoms with E-state index in [-0.39, 0.29) is 0 Å². The summed E-state index contributed by atoms with van der Waals surface area (Å²) in [6, 6.07) is 0.344. The summed E-state index contributed by atoms with van der Waals surface area (Å²) in [5, 5.41) is 7.98. The highest BCUT2D eigenvalue weighted by atomic mass is 15.3. The Bertz CT molecular complexity index is 377. The topological polar surface area (TPSA) is 29.9 Å². The van der Waals surface area contributed by atoms with Gasteiger partial charge < -0.3 is 5.32 Å². The highest BCUT2D eigenvalue weighted by Gasteiger charge is 2.19. The van der Waals surface area contributed by atoms with Gasteiger partial charge in [0.25, 0.3) is 0 Å². The largest absolute Gasteiger partial charge is 0.310 e. The molecule has 0 bridgehead atoms. The van der Waals surface area contributed by atoms with Crippen molar-refractivity contribution in [2.45, 2.75) is 40.2 Å². The minimum absolute atomic E-state index is 0.344. The molecule has 0 saturated carbocycles. The van der Waals surface area contributed by atoms with Crippen molar-refractivity contribution in [2.75, 3.05) is 6.54 Å². The first kappa shape index (κ1) is 13.0. The highest BCUT2D eigenvalue weighted by molar-refractivity contribution is 5.29. The zero-order valence-corrected chi connectivity index (χ0v) is 11.1. The van der Waals surface area contributed by atoms with Crippen molar-refractivity contribution in [3.05, 3.63) is 29.1 Å². The first-order chi connectivity index (χ1) is 7.47. The van der Waals surface area contributed by atoms with Crippen molar-refractivity contribution in [3.63, 3.8) is 0 Å². The van der Waals surface area contributed by atoms with E-state index in [0.29, 0.717) is 6.04 Å². The summed E-state index contributed by atoms with van der Waals surface area (Å²) in [6.07, 6.45) is 0.973. The normalized spacial score (nSPS) is 12.8. The predicted molar refractivity (Wildman–Crippen MR) is 68.5 cm³/mol. The molecule has 90 valence electrons. The molecule has 1 aromatic rings. The van der Waals surface area contributed by atoms with Crippen molar-refractivity contribution >= 4 is 0 Å². The second kappa shape index (κ2) is 5.30. The summed E-state index contributed by atoms with van der Waals surface area (Å²) in [5.74, 6) is 0. The molecule has 3 heteroatoms. The van der Waals surface area contributed by atoms with Gasteiger partial charge in [-0.05, 0) is 33.7 Å². The fourth-order valence-electron chi connectivity index (χ4n) is 2.17. The second-order valence-corrected chi connectivity index (χ2v) is 4.48. The monoisotopic (exact) mass is 221 g/mol. The number of aryl methyl sites for hydroxylation is 2. The van der Waals surface area contributed by atoms with E-state index in [0.717, 1.165) is 18.7 Å². The van der Waals surface area contributed by atoms with Crippen LogP contribution in [0.15, 0.2) is 12.2 Å². The van der Waals surface area contributed by atoms with Gasteiger partial charge in [-0.2, -0.15) is 5.10 Å². The van der Waals surface area contributed by atoms with E-state index in [9.17, 15) is 0 Å². The lowest BCUT2D eigenvalue weighted by atomic mass is 9.98. The molecule has 3 nitrogen and oxygen atoms in total. The van der Waals surface area contributed by atoms with Crippen LogP contribution in [-0.2, 0) is 7.05 Å². The smallest absolute Gasteiger partial charge is 0.0644 e. The van der Waals surface area contributed by atoms with Crippen molar-refractivity contribution in [1.29, 1.82) is 0 Å². The standard InChI is InChI=1S/C13H23N3/c1-7-14-12(8-9(2)3)13-10(4)15-16(6)11(13)5/h12,14H,2,7-8H2,1,3-6H3. The van der Waals surface area contributed by atoms with Crippen LogP contribution in [0.2, 0.25) is 0 Å². The summed E-state index contributed by atoms with van der Waals surface area (Å²) >= 11 is 0. The zero-order chi connectivity index (χ0) is 12.3. The van der Waals surface area contributed by atoms with Crippen LogP contribution in [0.5, 0.6) is 0 Å². The first-order valence-corrected chi connectivity index (χ1v) is 5.85. The van der Waals surface area contributed by atoms with E-state index in [2.05, 4.69) is 44.7 Å². The first-order valence-electron chi connectivity index (χ1n) is 5.85. The van der Waals surface area contributed by atoms with Crippen LogP contribution >= 0.6 is 0 Å².